The molecule has 2 aromatic carbocycles. The Morgan fingerprint density at radius 2 is 1.86 bits per heavy atom. The van der Waals surface area contributed by atoms with Crippen LogP contribution >= 0.6 is 0 Å². The van der Waals surface area contributed by atoms with Gasteiger partial charge in [0, 0.05) is 25.3 Å². The number of benzene rings is 2. The van der Waals surface area contributed by atoms with Crippen molar-refractivity contribution in [3.63, 3.8) is 0 Å². The zero-order valence-electron chi connectivity index (χ0n) is 12.7. The van der Waals surface area contributed by atoms with Gasteiger partial charge in [0.15, 0.2) is 6.79 Å². The first-order chi connectivity index (χ1) is 10.7. The van der Waals surface area contributed by atoms with Crippen LogP contribution in [0, 0.1) is 0 Å². The highest BCUT2D eigenvalue weighted by atomic mass is 16.7. The molecule has 0 saturated heterocycles. The SMILES string of the molecule is COCOc1ccc(Cc2ccccc2C(=O)OC)c(N)c1. The van der Waals surface area contributed by atoms with Crippen LogP contribution in [0.5, 0.6) is 5.75 Å². The van der Waals surface area contributed by atoms with Gasteiger partial charge in [-0.2, -0.15) is 0 Å². The van der Waals surface area contributed by atoms with E-state index in [-0.39, 0.29) is 12.8 Å². The van der Waals surface area contributed by atoms with Crippen LogP contribution in [0.4, 0.5) is 5.69 Å². The van der Waals surface area contributed by atoms with Crippen molar-refractivity contribution in [1.29, 1.82) is 0 Å². The standard InChI is InChI=1S/C17H19NO4/c1-20-11-22-14-8-7-13(16(18)10-14)9-12-5-3-4-6-15(12)17(19)21-2/h3-8,10H,9,11,18H2,1-2H3. The van der Waals surface area contributed by atoms with Gasteiger partial charge in [0.25, 0.3) is 0 Å². The van der Waals surface area contributed by atoms with Gasteiger partial charge < -0.3 is 19.9 Å². The number of hydrogen-bond donors (Lipinski definition) is 1. The molecule has 2 aromatic rings. The molecular formula is C17H19NO4. The first-order valence-electron chi connectivity index (χ1n) is 6.82. The third-order valence-corrected chi connectivity index (χ3v) is 3.26. The van der Waals surface area contributed by atoms with Gasteiger partial charge in [-0.1, -0.05) is 24.3 Å². The van der Waals surface area contributed by atoms with Crippen molar-refractivity contribution in [1.82, 2.24) is 0 Å². The van der Waals surface area contributed by atoms with Crippen LogP contribution in [0.15, 0.2) is 42.5 Å². The predicted molar refractivity (Wildman–Crippen MR) is 83.9 cm³/mol. The molecule has 0 saturated carbocycles. The van der Waals surface area contributed by atoms with Gasteiger partial charge in [0.1, 0.15) is 5.75 Å². The second-order valence-corrected chi connectivity index (χ2v) is 4.74. The molecule has 22 heavy (non-hydrogen) atoms. The molecule has 0 amide bonds. The second-order valence-electron chi connectivity index (χ2n) is 4.74. The Hall–Kier alpha value is -2.53. The molecule has 5 heteroatoms. The van der Waals surface area contributed by atoms with Crippen LogP contribution in [-0.4, -0.2) is 27.0 Å². The molecule has 116 valence electrons. The highest BCUT2D eigenvalue weighted by Gasteiger charge is 2.12. The maximum Gasteiger partial charge on any atom is 0.338 e. The lowest BCUT2D eigenvalue weighted by Crippen LogP contribution is -2.07. The molecule has 0 aliphatic heterocycles. The van der Waals surface area contributed by atoms with Crippen molar-refractivity contribution < 1.29 is 19.0 Å². The summed E-state index contributed by atoms with van der Waals surface area (Å²) in [6.45, 7) is 0.171. The summed E-state index contributed by atoms with van der Waals surface area (Å²) in [7, 11) is 2.93. The third-order valence-electron chi connectivity index (χ3n) is 3.26. The van der Waals surface area contributed by atoms with E-state index < -0.39 is 0 Å². The summed E-state index contributed by atoms with van der Waals surface area (Å²) in [5.74, 6) is 0.290. The fraction of sp³-hybridized carbons (Fsp3) is 0.235. The van der Waals surface area contributed by atoms with Gasteiger partial charge in [-0.15, -0.1) is 0 Å². The Morgan fingerprint density at radius 3 is 2.55 bits per heavy atom. The highest BCUT2D eigenvalue weighted by Crippen LogP contribution is 2.24. The van der Waals surface area contributed by atoms with Crippen LogP contribution in [0.1, 0.15) is 21.5 Å². The lowest BCUT2D eigenvalue weighted by Gasteiger charge is -2.11. The monoisotopic (exact) mass is 301 g/mol. The van der Waals surface area contributed by atoms with Crippen LogP contribution in [0.25, 0.3) is 0 Å². The van der Waals surface area contributed by atoms with E-state index in [9.17, 15) is 4.79 Å². The van der Waals surface area contributed by atoms with Gasteiger partial charge >= 0.3 is 5.97 Å². The quantitative estimate of drug-likeness (QED) is 0.504. The maximum absolute atomic E-state index is 11.8. The molecule has 5 nitrogen and oxygen atoms in total. The number of rotatable bonds is 6. The van der Waals surface area contributed by atoms with Crippen molar-refractivity contribution in [3.8, 4) is 5.75 Å². The Labute approximate surface area is 129 Å². The molecule has 0 radical (unpaired) electrons. The normalized spacial score (nSPS) is 10.3. The fourth-order valence-corrected chi connectivity index (χ4v) is 2.14. The first-order valence-corrected chi connectivity index (χ1v) is 6.82. The number of ether oxygens (including phenoxy) is 3. The Morgan fingerprint density at radius 1 is 1.09 bits per heavy atom. The van der Waals surface area contributed by atoms with Gasteiger partial charge in [0.05, 0.1) is 12.7 Å². The Bertz CT molecular complexity index is 655. The number of nitrogens with two attached hydrogens (primary N) is 1. The molecule has 0 unspecified atom stereocenters. The average Bonchev–Trinajstić information content (AvgIpc) is 2.55. The molecule has 2 rings (SSSR count). The van der Waals surface area contributed by atoms with E-state index in [0.29, 0.717) is 23.4 Å². The number of carbonyl (C=O) groups excluding carboxylic acids is 1. The number of anilines is 1. The van der Waals surface area contributed by atoms with E-state index in [1.807, 2.05) is 24.3 Å². The van der Waals surface area contributed by atoms with E-state index in [4.69, 9.17) is 19.9 Å². The second kappa shape index (κ2) is 7.47. The Balaban J connectivity index is 2.22. The molecule has 0 aromatic heterocycles. The van der Waals surface area contributed by atoms with E-state index in [1.165, 1.54) is 7.11 Å². The molecule has 0 heterocycles. The van der Waals surface area contributed by atoms with E-state index in [2.05, 4.69) is 0 Å². The zero-order valence-corrected chi connectivity index (χ0v) is 12.7. The summed E-state index contributed by atoms with van der Waals surface area (Å²) < 4.78 is 15.0. The number of nitrogen functional groups attached to an aromatic ring is 1. The van der Waals surface area contributed by atoms with E-state index >= 15 is 0 Å². The molecule has 0 aliphatic carbocycles. The molecule has 0 bridgehead atoms. The lowest BCUT2D eigenvalue weighted by molar-refractivity contribution is 0.0511. The Kier molecular flexibility index (Phi) is 5.38. The predicted octanol–water partition coefficient (Wildman–Crippen LogP) is 2.63. The van der Waals surface area contributed by atoms with Crippen molar-refractivity contribution in [2.75, 3.05) is 26.7 Å². The minimum absolute atomic E-state index is 0.171. The van der Waals surface area contributed by atoms with Gasteiger partial charge in [0.2, 0.25) is 0 Å². The molecule has 0 spiro atoms. The van der Waals surface area contributed by atoms with Crippen LogP contribution in [0.2, 0.25) is 0 Å². The molecule has 2 N–H and O–H groups in total. The van der Waals surface area contributed by atoms with Crippen molar-refractivity contribution >= 4 is 11.7 Å². The minimum atomic E-state index is -0.353. The van der Waals surface area contributed by atoms with Crippen LogP contribution < -0.4 is 10.5 Å². The van der Waals surface area contributed by atoms with Crippen molar-refractivity contribution in [2.24, 2.45) is 0 Å². The summed E-state index contributed by atoms with van der Waals surface area (Å²) in [5, 5.41) is 0. The number of esters is 1. The molecule has 0 aliphatic rings. The maximum atomic E-state index is 11.8. The van der Waals surface area contributed by atoms with Gasteiger partial charge in [-0.3, -0.25) is 0 Å². The molecule has 0 atom stereocenters. The number of hydrogen-bond acceptors (Lipinski definition) is 5. The van der Waals surface area contributed by atoms with Gasteiger partial charge in [-0.25, -0.2) is 4.79 Å². The molecule has 0 fully saturated rings. The molecular weight excluding hydrogens is 282 g/mol. The largest absolute Gasteiger partial charge is 0.467 e. The fourth-order valence-electron chi connectivity index (χ4n) is 2.14. The topological polar surface area (TPSA) is 70.8 Å². The summed E-state index contributed by atoms with van der Waals surface area (Å²) in [4.78, 5) is 11.8. The highest BCUT2D eigenvalue weighted by molar-refractivity contribution is 5.91. The zero-order chi connectivity index (χ0) is 15.9. The van der Waals surface area contributed by atoms with Gasteiger partial charge in [-0.05, 0) is 23.3 Å². The number of methoxy groups -OCH3 is 2. The van der Waals surface area contributed by atoms with E-state index in [0.717, 1.165) is 11.1 Å². The first kappa shape index (κ1) is 15.9. The van der Waals surface area contributed by atoms with Crippen LogP contribution in [0.3, 0.4) is 0 Å². The average molecular weight is 301 g/mol. The summed E-state index contributed by atoms with van der Waals surface area (Å²) in [5.41, 5.74) is 9.00. The van der Waals surface area contributed by atoms with Crippen LogP contribution in [-0.2, 0) is 15.9 Å². The number of carbonyl (C=O) groups is 1. The lowest BCUT2D eigenvalue weighted by atomic mass is 9.98. The smallest absolute Gasteiger partial charge is 0.338 e. The minimum Gasteiger partial charge on any atom is -0.467 e. The van der Waals surface area contributed by atoms with Crippen molar-refractivity contribution in [2.45, 2.75) is 6.42 Å². The summed E-state index contributed by atoms with van der Waals surface area (Å²) in [6.07, 6.45) is 0.543. The summed E-state index contributed by atoms with van der Waals surface area (Å²) in [6, 6.07) is 12.8. The van der Waals surface area contributed by atoms with E-state index in [1.54, 1.807) is 25.3 Å². The van der Waals surface area contributed by atoms with Crippen molar-refractivity contribution in [3.05, 3.63) is 59.2 Å². The third kappa shape index (κ3) is 3.77. The summed E-state index contributed by atoms with van der Waals surface area (Å²) >= 11 is 0.